The van der Waals surface area contributed by atoms with Gasteiger partial charge in [0.15, 0.2) is 0 Å². The monoisotopic (exact) mass is 350 g/mol. The number of aromatic nitrogens is 1. The maximum absolute atomic E-state index is 9.57. The fraction of sp³-hybridized carbons (Fsp3) is 0.455. The van der Waals surface area contributed by atoms with Gasteiger partial charge in [0.25, 0.3) is 0 Å². The molecule has 2 aromatic rings. The number of benzene rings is 1. The molecule has 1 aromatic carbocycles. The molecule has 0 atom stereocenters. The molecule has 1 aromatic heterocycles. The van der Waals surface area contributed by atoms with Gasteiger partial charge in [-0.15, -0.1) is 0 Å². The van der Waals surface area contributed by atoms with Crippen LogP contribution in [0.1, 0.15) is 44.4 Å². The third-order valence-corrected chi connectivity index (χ3v) is 5.06. The van der Waals surface area contributed by atoms with Gasteiger partial charge in [-0.2, -0.15) is 5.26 Å². The highest BCUT2D eigenvalue weighted by molar-refractivity contribution is 5.80. The molecular weight excluding hydrogens is 320 g/mol. The fourth-order valence-corrected chi connectivity index (χ4v) is 3.67. The minimum absolute atomic E-state index is 0.669. The summed E-state index contributed by atoms with van der Waals surface area (Å²) in [6.45, 7) is 16.7. The summed E-state index contributed by atoms with van der Waals surface area (Å²) in [5.41, 5.74) is 6.10. The lowest BCUT2D eigenvalue weighted by molar-refractivity contribution is 0.824. The number of pyridine rings is 1. The summed E-state index contributed by atoms with van der Waals surface area (Å²) in [6, 6.07) is 10.1. The van der Waals surface area contributed by atoms with E-state index in [1.807, 2.05) is 24.3 Å². The second-order valence-corrected chi connectivity index (χ2v) is 6.38. The quantitative estimate of drug-likeness (QED) is 0.710. The van der Waals surface area contributed by atoms with E-state index in [-0.39, 0.29) is 0 Å². The number of hydrogen-bond acceptors (Lipinski definition) is 4. The molecule has 0 amide bonds. The van der Waals surface area contributed by atoms with Crippen LogP contribution in [0.15, 0.2) is 24.3 Å². The van der Waals surface area contributed by atoms with E-state index in [2.05, 4.69) is 57.4 Å². The third kappa shape index (κ3) is 3.53. The Morgan fingerprint density at radius 1 is 0.885 bits per heavy atom. The van der Waals surface area contributed by atoms with Gasteiger partial charge in [0.1, 0.15) is 5.82 Å². The molecule has 0 saturated carbocycles. The third-order valence-electron chi connectivity index (χ3n) is 5.06. The molecule has 4 heteroatoms. The second-order valence-electron chi connectivity index (χ2n) is 6.38. The van der Waals surface area contributed by atoms with Crippen LogP contribution in [0.5, 0.6) is 0 Å². The van der Waals surface area contributed by atoms with Gasteiger partial charge < -0.3 is 9.80 Å². The minimum atomic E-state index is 0.669. The van der Waals surface area contributed by atoms with Crippen LogP contribution in [-0.2, 0) is 0 Å². The molecule has 0 aliphatic heterocycles. The van der Waals surface area contributed by atoms with Crippen molar-refractivity contribution >= 4 is 11.5 Å². The van der Waals surface area contributed by atoms with Gasteiger partial charge in [-0.3, -0.25) is 0 Å². The summed E-state index contributed by atoms with van der Waals surface area (Å²) in [7, 11) is 0. The standard InChI is InChI=1S/C22H30N4/c1-7-25(8-2)21-16(5)20(19-14-12-11-13-18(19)15-23)24-22(17(21)6)26(9-3)10-4/h11-14H,7-10H2,1-6H3. The maximum atomic E-state index is 9.57. The minimum Gasteiger partial charge on any atom is -0.371 e. The van der Waals surface area contributed by atoms with Crippen molar-refractivity contribution in [1.82, 2.24) is 4.98 Å². The smallest absolute Gasteiger partial charge is 0.134 e. The molecule has 0 spiro atoms. The second kappa shape index (κ2) is 8.71. The number of nitrogens with zero attached hydrogens (tertiary/aromatic N) is 4. The zero-order chi connectivity index (χ0) is 19.3. The van der Waals surface area contributed by atoms with E-state index >= 15 is 0 Å². The van der Waals surface area contributed by atoms with Gasteiger partial charge >= 0.3 is 0 Å². The fourth-order valence-electron chi connectivity index (χ4n) is 3.67. The Bertz CT molecular complexity index is 797. The lowest BCUT2D eigenvalue weighted by Gasteiger charge is -2.31. The van der Waals surface area contributed by atoms with E-state index in [1.54, 1.807) is 0 Å². The van der Waals surface area contributed by atoms with Crippen molar-refractivity contribution in [2.24, 2.45) is 0 Å². The zero-order valence-corrected chi connectivity index (χ0v) is 16.9. The maximum Gasteiger partial charge on any atom is 0.134 e. The Hall–Kier alpha value is -2.54. The molecule has 1 heterocycles. The van der Waals surface area contributed by atoms with E-state index in [0.29, 0.717) is 5.56 Å². The van der Waals surface area contributed by atoms with Gasteiger partial charge in [-0.05, 0) is 53.2 Å². The van der Waals surface area contributed by atoms with Crippen LogP contribution in [0.25, 0.3) is 11.3 Å². The van der Waals surface area contributed by atoms with Crippen molar-refractivity contribution in [2.45, 2.75) is 41.5 Å². The Labute approximate surface area is 158 Å². The highest BCUT2D eigenvalue weighted by atomic mass is 15.2. The van der Waals surface area contributed by atoms with Crippen molar-refractivity contribution in [3.8, 4) is 17.3 Å². The van der Waals surface area contributed by atoms with Gasteiger partial charge in [-0.25, -0.2) is 4.98 Å². The summed E-state index contributed by atoms with van der Waals surface area (Å²) in [5, 5.41) is 9.57. The molecule has 0 radical (unpaired) electrons. The predicted molar refractivity (Wildman–Crippen MR) is 111 cm³/mol. The molecule has 0 saturated heterocycles. The molecular formula is C22H30N4. The lowest BCUT2D eigenvalue weighted by atomic mass is 9.98. The molecule has 0 N–H and O–H groups in total. The van der Waals surface area contributed by atoms with Gasteiger partial charge in [0.05, 0.1) is 17.3 Å². The van der Waals surface area contributed by atoms with Gasteiger partial charge in [-0.1, -0.05) is 18.2 Å². The first kappa shape index (κ1) is 19.8. The molecule has 0 unspecified atom stereocenters. The van der Waals surface area contributed by atoms with E-state index in [1.165, 1.54) is 11.3 Å². The Balaban J connectivity index is 2.86. The van der Waals surface area contributed by atoms with E-state index in [9.17, 15) is 5.26 Å². The average molecular weight is 351 g/mol. The zero-order valence-electron chi connectivity index (χ0n) is 16.9. The van der Waals surface area contributed by atoms with Crippen molar-refractivity contribution in [3.63, 3.8) is 0 Å². The highest BCUT2D eigenvalue weighted by Gasteiger charge is 2.22. The largest absolute Gasteiger partial charge is 0.371 e. The van der Waals surface area contributed by atoms with Crippen molar-refractivity contribution in [1.29, 1.82) is 5.26 Å². The summed E-state index contributed by atoms with van der Waals surface area (Å²) in [4.78, 5) is 9.73. The van der Waals surface area contributed by atoms with Crippen LogP contribution in [0.3, 0.4) is 0 Å². The molecule has 0 aliphatic rings. The average Bonchev–Trinajstić information content (AvgIpc) is 2.67. The molecule has 0 fully saturated rings. The van der Waals surface area contributed by atoms with Crippen LogP contribution >= 0.6 is 0 Å². The summed E-state index contributed by atoms with van der Waals surface area (Å²) < 4.78 is 0. The first-order valence-electron chi connectivity index (χ1n) is 9.54. The number of anilines is 2. The number of rotatable bonds is 7. The van der Waals surface area contributed by atoms with Crippen molar-refractivity contribution in [2.75, 3.05) is 36.0 Å². The lowest BCUT2D eigenvalue weighted by Crippen LogP contribution is -2.28. The molecule has 2 rings (SSSR count). The summed E-state index contributed by atoms with van der Waals surface area (Å²) >= 11 is 0. The Morgan fingerprint density at radius 3 is 2.00 bits per heavy atom. The SMILES string of the molecule is CCN(CC)c1nc(-c2ccccc2C#N)c(C)c(N(CC)CC)c1C. The molecule has 0 aliphatic carbocycles. The normalized spacial score (nSPS) is 10.5. The topological polar surface area (TPSA) is 43.2 Å². The first-order valence-corrected chi connectivity index (χ1v) is 9.54. The Morgan fingerprint density at radius 2 is 1.46 bits per heavy atom. The van der Waals surface area contributed by atoms with E-state index in [4.69, 9.17) is 4.98 Å². The molecule has 0 bridgehead atoms. The van der Waals surface area contributed by atoms with Crippen LogP contribution in [0.4, 0.5) is 11.5 Å². The molecule has 26 heavy (non-hydrogen) atoms. The predicted octanol–water partition coefficient (Wildman–Crippen LogP) is 4.93. The number of nitriles is 1. The van der Waals surface area contributed by atoms with Crippen molar-refractivity contribution in [3.05, 3.63) is 41.0 Å². The van der Waals surface area contributed by atoms with Crippen LogP contribution in [0.2, 0.25) is 0 Å². The summed E-state index contributed by atoms with van der Waals surface area (Å²) in [6.07, 6.45) is 0. The van der Waals surface area contributed by atoms with Gasteiger partial charge in [0.2, 0.25) is 0 Å². The van der Waals surface area contributed by atoms with Crippen LogP contribution in [0, 0.1) is 25.2 Å². The Kier molecular flexibility index (Phi) is 6.63. The van der Waals surface area contributed by atoms with Crippen LogP contribution < -0.4 is 9.80 Å². The highest BCUT2D eigenvalue weighted by Crippen LogP contribution is 2.38. The van der Waals surface area contributed by atoms with Gasteiger partial charge in [0, 0.05) is 43.0 Å². The first-order chi connectivity index (χ1) is 12.5. The molecule has 4 nitrogen and oxygen atoms in total. The van der Waals surface area contributed by atoms with E-state index < -0.39 is 0 Å². The van der Waals surface area contributed by atoms with Crippen molar-refractivity contribution < 1.29 is 0 Å². The molecule has 138 valence electrons. The van der Waals surface area contributed by atoms with Crippen LogP contribution in [-0.4, -0.2) is 31.2 Å². The number of hydrogen-bond donors (Lipinski definition) is 0. The van der Waals surface area contributed by atoms with E-state index in [0.717, 1.165) is 48.8 Å². The summed E-state index contributed by atoms with van der Waals surface area (Å²) in [5.74, 6) is 1.02.